The average molecular weight is 206 g/mol. The number of hydrogen-bond donors (Lipinski definition) is 2. The lowest BCUT2D eigenvalue weighted by atomic mass is 10.2. The van der Waals surface area contributed by atoms with Gasteiger partial charge < -0.3 is 16.0 Å². The van der Waals surface area contributed by atoms with E-state index in [1.165, 1.54) is 0 Å². The summed E-state index contributed by atoms with van der Waals surface area (Å²) in [5.74, 6) is 0.801. The van der Waals surface area contributed by atoms with E-state index in [-0.39, 0.29) is 5.91 Å². The molecule has 0 atom stereocenters. The van der Waals surface area contributed by atoms with Gasteiger partial charge in [0.2, 0.25) is 5.91 Å². The third-order valence-corrected chi connectivity index (χ3v) is 2.49. The van der Waals surface area contributed by atoms with Gasteiger partial charge in [0.05, 0.1) is 6.54 Å². The number of pyridine rings is 1. The molecule has 1 aliphatic rings. The first-order valence-corrected chi connectivity index (χ1v) is 4.90. The monoisotopic (exact) mass is 206 g/mol. The maximum atomic E-state index is 11.2. The molecule has 2 rings (SSSR count). The number of piperazine rings is 1. The number of nitrogen functional groups attached to an aromatic ring is 1. The standard InChI is InChI=1S/C10H14N4O/c1-7-5-13-9(4-8(7)11)14-3-2-12-10(15)6-14/h4-5H,2-3,6H2,1H3,(H2,11,13)(H,12,15). The van der Waals surface area contributed by atoms with Crippen LogP contribution in [0.2, 0.25) is 0 Å². The van der Waals surface area contributed by atoms with Crippen molar-refractivity contribution in [2.75, 3.05) is 30.3 Å². The molecular formula is C10H14N4O. The molecule has 1 aromatic heterocycles. The molecule has 2 heterocycles. The highest BCUT2D eigenvalue weighted by atomic mass is 16.2. The lowest BCUT2D eigenvalue weighted by Crippen LogP contribution is -2.48. The second kappa shape index (κ2) is 3.76. The van der Waals surface area contributed by atoms with Crippen LogP contribution in [0.5, 0.6) is 0 Å². The van der Waals surface area contributed by atoms with Crippen LogP contribution in [0.25, 0.3) is 0 Å². The molecule has 1 aliphatic heterocycles. The van der Waals surface area contributed by atoms with Gasteiger partial charge in [-0.25, -0.2) is 4.98 Å². The molecule has 3 N–H and O–H groups in total. The smallest absolute Gasteiger partial charge is 0.239 e. The molecule has 1 aromatic rings. The summed E-state index contributed by atoms with van der Waals surface area (Å²) in [5, 5.41) is 2.77. The molecule has 0 unspecified atom stereocenters. The molecular weight excluding hydrogens is 192 g/mol. The molecule has 5 heteroatoms. The van der Waals surface area contributed by atoms with E-state index in [0.717, 1.165) is 17.9 Å². The number of aromatic nitrogens is 1. The van der Waals surface area contributed by atoms with Crippen molar-refractivity contribution in [2.24, 2.45) is 0 Å². The van der Waals surface area contributed by atoms with Gasteiger partial charge in [-0.05, 0) is 12.5 Å². The maximum absolute atomic E-state index is 11.2. The topological polar surface area (TPSA) is 71.2 Å². The van der Waals surface area contributed by atoms with Crippen LogP contribution in [0.1, 0.15) is 5.56 Å². The van der Waals surface area contributed by atoms with Gasteiger partial charge in [-0.3, -0.25) is 4.79 Å². The molecule has 80 valence electrons. The fourth-order valence-corrected chi connectivity index (χ4v) is 1.53. The zero-order valence-corrected chi connectivity index (χ0v) is 8.66. The zero-order chi connectivity index (χ0) is 10.8. The number of nitrogens with one attached hydrogen (secondary N) is 1. The quantitative estimate of drug-likeness (QED) is 0.673. The van der Waals surface area contributed by atoms with Crippen LogP contribution in [-0.4, -0.2) is 30.5 Å². The van der Waals surface area contributed by atoms with Gasteiger partial charge >= 0.3 is 0 Å². The summed E-state index contributed by atoms with van der Waals surface area (Å²) in [6.07, 6.45) is 1.73. The molecule has 1 amide bonds. The van der Waals surface area contributed by atoms with Crippen LogP contribution in [0.3, 0.4) is 0 Å². The maximum Gasteiger partial charge on any atom is 0.239 e. The van der Waals surface area contributed by atoms with Crippen molar-refractivity contribution in [3.05, 3.63) is 17.8 Å². The fourth-order valence-electron chi connectivity index (χ4n) is 1.53. The van der Waals surface area contributed by atoms with Crippen molar-refractivity contribution < 1.29 is 4.79 Å². The van der Waals surface area contributed by atoms with E-state index in [2.05, 4.69) is 10.3 Å². The summed E-state index contributed by atoms with van der Waals surface area (Å²) in [5.41, 5.74) is 7.47. The van der Waals surface area contributed by atoms with Crippen molar-refractivity contribution in [3.63, 3.8) is 0 Å². The molecule has 1 fully saturated rings. The normalized spacial score (nSPS) is 16.3. The molecule has 0 spiro atoms. The second-order valence-electron chi connectivity index (χ2n) is 3.67. The molecule has 0 bridgehead atoms. The number of carbonyl (C=O) groups excluding carboxylic acids is 1. The molecule has 15 heavy (non-hydrogen) atoms. The van der Waals surface area contributed by atoms with Gasteiger partial charge in [0.1, 0.15) is 5.82 Å². The summed E-state index contributed by atoms with van der Waals surface area (Å²) in [6.45, 7) is 3.71. The highest BCUT2D eigenvalue weighted by molar-refractivity contribution is 5.82. The zero-order valence-electron chi connectivity index (χ0n) is 8.66. The van der Waals surface area contributed by atoms with Gasteiger partial charge in [-0.2, -0.15) is 0 Å². The van der Waals surface area contributed by atoms with E-state index in [1.54, 1.807) is 6.20 Å². The van der Waals surface area contributed by atoms with E-state index in [9.17, 15) is 4.79 Å². The Bertz CT molecular complexity index is 391. The van der Waals surface area contributed by atoms with Crippen LogP contribution in [0.4, 0.5) is 11.5 Å². The van der Waals surface area contributed by atoms with Crippen molar-refractivity contribution in [1.82, 2.24) is 10.3 Å². The highest BCUT2D eigenvalue weighted by Crippen LogP contribution is 2.17. The van der Waals surface area contributed by atoms with E-state index in [4.69, 9.17) is 5.73 Å². The van der Waals surface area contributed by atoms with Gasteiger partial charge in [-0.1, -0.05) is 0 Å². The van der Waals surface area contributed by atoms with E-state index in [1.807, 2.05) is 17.9 Å². The first kappa shape index (κ1) is 9.76. The van der Waals surface area contributed by atoms with Gasteiger partial charge in [0.25, 0.3) is 0 Å². The number of aryl methyl sites for hydroxylation is 1. The SMILES string of the molecule is Cc1cnc(N2CCNC(=O)C2)cc1N. The van der Waals surface area contributed by atoms with Gasteiger partial charge in [0.15, 0.2) is 0 Å². The third-order valence-electron chi connectivity index (χ3n) is 2.49. The molecule has 0 saturated carbocycles. The van der Waals surface area contributed by atoms with E-state index < -0.39 is 0 Å². The predicted octanol–water partition coefficient (Wildman–Crippen LogP) is -0.0916. The van der Waals surface area contributed by atoms with Crippen LogP contribution >= 0.6 is 0 Å². The third kappa shape index (κ3) is 2.01. The average Bonchev–Trinajstić information content (AvgIpc) is 2.22. The van der Waals surface area contributed by atoms with Crippen LogP contribution in [0, 0.1) is 6.92 Å². The Morgan fingerprint density at radius 1 is 1.60 bits per heavy atom. The molecule has 0 aromatic carbocycles. The second-order valence-corrected chi connectivity index (χ2v) is 3.67. The number of anilines is 2. The van der Waals surface area contributed by atoms with Crippen molar-refractivity contribution in [1.29, 1.82) is 0 Å². The number of amides is 1. The fraction of sp³-hybridized carbons (Fsp3) is 0.400. The van der Waals surface area contributed by atoms with Crippen molar-refractivity contribution in [2.45, 2.75) is 6.92 Å². The van der Waals surface area contributed by atoms with Crippen LogP contribution in [-0.2, 0) is 4.79 Å². The Morgan fingerprint density at radius 3 is 3.07 bits per heavy atom. The minimum Gasteiger partial charge on any atom is -0.398 e. The molecule has 5 nitrogen and oxygen atoms in total. The Labute approximate surface area is 88.3 Å². The first-order chi connectivity index (χ1) is 7.16. The predicted molar refractivity (Wildman–Crippen MR) is 58.6 cm³/mol. The summed E-state index contributed by atoms with van der Waals surface area (Å²) in [4.78, 5) is 17.4. The lowest BCUT2D eigenvalue weighted by Gasteiger charge is -2.27. The summed E-state index contributed by atoms with van der Waals surface area (Å²) in [6, 6.07) is 1.81. The van der Waals surface area contributed by atoms with Gasteiger partial charge in [0, 0.05) is 31.0 Å². The van der Waals surface area contributed by atoms with E-state index >= 15 is 0 Å². The van der Waals surface area contributed by atoms with Crippen molar-refractivity contribution >= 4 is 17.4 Å². The Balaban J connectivity index is 2.21. The minimum absolute atomic E-state index is 0.0298. The van der Waals surface area contributed by atoms with Crippen molar-refractivity contribution in [3.8, 4) is 0 Å². The number of nitrogens with zero attached hydrogens (tertiary/aromatic N) is 2. The largest absolute Gasteiger partial charge is 0.398 e. The number of nitrogens with two attached hydrogens (primary N) is 1. The highest BCUT2D eigenvalue weighted by Gasteiger charge is 2.17. The lowest BCUT2D eigenvalue weighted by molar-refractivity contribution is -0.120. The van der Waals surface area contributed by atoms with Crippen LogP contribution in [0.15, 0.2) is 12.3 Å². The number of hydrogen-bond acceptors (Lipinski definition) is 4. The Kier molecular flexibility index (Phi) is 2.45. The summed E-state index contributed by atoms with van der Waals surface area (Å²) < 4.78 is 0. The summed E-state index contributed by atoms with van der Waals surface area (Å²) >= 11 is 0. The molecule has 0 aliphatic carbocycles. The first-order valence-electron chi connectivity index (χ1n) is 4.90. The molecule has 1 saturated heterocycles. The summed E-state index contributed by atoms with van der Waals surface area (Å²) in [7, 11) is 0. The minimum atomic E-state index is 0.0298. The Morgan fingerprint density at radius 2 is 2.40 bits per heavy atom. The van der Waals surface area contributed by atoms with E-state index in [0.29, 0.717) is 18.8 Å². The number of carbonyl (C=O) groups is 1. The van der Waals surface area contributed by atoms with Gasteiger partial charge in [-0.15, -0.1) is 0 Å². The Hall–Kier alpha value is -1.78. The van der Waals surface area contributed by atoms with Crippen LogP contribution < -0.4 is 16.0 Å². The molecule has 0 radical (unpaired) electrons. The number of rotatable bonds is 1.